The highest BCUT2D eigenvalue weighted by molar-refractivity contribution is 5.93. The average Bonchev–Trinajstić information content (AvgIpc) is 3.56. The van der Waals surface area contributed by atoms with Crippen LogP contribution in [-0.2, 0) is 13.6 Å². The summed E-state index contributed by atoms with van der Waals surface area (Å²) >= 11 is 0. The minimum atomic E-state index is -0.102. The van der Waals surface area contributed by atoms with E-state index >= 15 is 0 Å². The molecule has 0 N–H and O–H groups in total. The second kappa shape index (κ2) is 9.20. The molecular formula is C27H30N8O2. The van der Waals surface area contributed by atoms with Gasteiger partial charge in [-0.05, 0) is 49.6 Å². The summed E-state index contributed by atoms with van der Waals surface area (Å²) in [5.41, 5.74) is 8.52. The Kier molecular flexibility index (Phi) is 6.02. The van der Waals surface area contributed by atoms with Crippen LogP contribution in [0.25, 0.3) is 28.2 Å². The number of anilines is 1. The molecule has 10 nitrogen and oxygen atoms in total. The molecule has 5 rings (SSSR count). The van der Waals surface area contributed by atoms with E-state index in [1.807, 2.05) is 61.9 Å². The predicted octanol–water partition coefficient (Wildman–Crippen LogP) is 4.05. The Labute approximate surface area is 215 Å². The van der Waals surface area contributed by atoms with Crippen molar-refractivity contribution < 1.29 is 9.21 Å². The van der Waals surface area contributed by atoms with Gasteiger partial charge in [-0.1, -0.05) is 23.3 Å². The van der Waals surface area contributed by atoms with E-state index < -0.39 is 0 Å². The topological polar surface area (TPSA) is 97.6 Å². The summed E-state index contributed by atoms with van der Waals surface area (Å²) < 4.78 is 9.76. The normalized spacial score (nSPS) is 11.3. The summed E-state index contributed by atoms with van der Waals surface area (Å²) in [6.45, 7) is 6.66. The van der Waals surface area contributed by atoms with Crippen molar-refractivity contribution in [2.75, 3.05) is 26.0 Å². The van der Waals surface area contributed by atoms with Crippen LogP contribution in [0, 0.1) is 20.8 Å². The van der Waals surface area contributed by atoms with Crippen molar-refractivity contribution in [2.24, 2.45) is 7.05 Å². The number of aryl methyl sites for hydroxylation is 3. The number of imidazole rings is 1. The lowest BCUT2D eigenvalue weighted by molar-refractivity contribution is 0.0821. The molecule has 4 aromatic heterocycles. The molecule has 0 radical (unpaired) electrons. The molecule has 0 unspecified atom stereocenters. The van der Waals surface area contributed by atoms with Gasteiger partial charge in [0, 0.05) is 57.8 Å². The van der Waals surface area contributed by atoms with Gasteiger partial charge in [-0.15, -0.1) is 5.10 Å². The number of aromatic nitrogens is 6. The quantitative estimate of drug-likeness (QED) is 0.348. The highest BCUT2D eigenvalue weighted by Crippen LogP contribution is 2.32. The van der Waals surface area contributed by atoms with E-state index in [0.29, 0.717) is 29.8 Å². The number of amides is 1. The number of rotatable bonds is 6. The van der Waals surface area contributed by atoms with E-state index in [0.717, 1.165) is 39.2 Å². The Balaban J connectivity index is 1.37. The Morgan fingerprint density at radius 2 is 1.84 bits per heavy atom. The maximum Gasteiger partial charge on any atom is 0.318 e. The molecule has 0 spiro atoms. The van der Waals surface area contributed by atoms with E-state index in [1.54, 1.807) is 24.7 Å². The van der Waals surface area contributed by atoms with Gasteiger partial charge in [0.2, 0.25) is 5.89 Å². The first-order valence-electron chi connectivity index (χ1n) is 12.0. The summed E-state index contributed by atoms with van der Waals surface area (Å²) in [6, 6.07) is 10.5. The van der Waals surface area contributed by atoms with E-state index in [4.69, 9.17) is 4.42 Å². The molecule has 0 saturated carbocycles. The molecule has 0 aliphatic heterocycles. The van der Waals surface area contributed by atoms with Gasteiger partial charge in [0.15, 0.2) is 0 Å². The fraction of sp³-hybridized carbons (Fsp3) is 0.296. The number of carbonyl (C=O) groups excluding carboxylic acids is 1. The Morgan fingerprint density at radius 1 is 1.05 bits per heavy atom. The second-order valence-electron chi connectivity index (χ2n) is 9.55. The summed E-state index contributed by atoms with van der Waals surface area (Å²) in [6.07, 6.45) is 3.51. The van der Waals surface area contributed by atoms with Crippen LogP contribution < -0.4 is 4.90 Å². The molecule has 5 aromatic rings. The van der Waals surface area contributed by atoms with Crippen molar-refractivity contribution in [1.29, 1.82) is 0 Å². The van der Waals surface area contributed by atoms with Crippen molar-refractivity contribution in [3.8, 4) is 22.6 Å². The zero-order chi connectivity index (χ0) is 26.4. The van der Waals surface area contributed by atoms with Gasteiger partial charge in [0.05, 0.1) is 11.9 Å². The Bertz CT molecular complexity index is 1620. The van der Waals surface area contributed by atoms with E-state index in [1.165, 1.54) is 4.90 Å². The average molecular weight is 499 g/mol. The molecule has 190 valence electrons. The largest absolute Gasteiger partial charge is 0.403 e. The van der Waals surface area contributed by atoms with Crippen molar-refractivity contribution in [2.45, 2.75) is 27.3 Å². The molecule has 10 heteroatoms. The maximum absolute atomic E-state index is 12.5. The van der Waals surface area contributed by atoms with Crippen molar-refractivity contribution in [3.63, 3.8) is 0 Å². The van der Waals surface area contributed by atoms with Crippen LogP contribution in [0.1, 0.15) is 33.0 Å². The van der Waals surface area contributed by atoms with Crippen LogP contribution in [0.3, 0.4) is 0 Å². The Morgan fingerprint density at radius 3 is 2.51 bits per heavy atom. The summed E-state index contributed by atoms with van der Waals surface area (Å²) in [5.74, 6) is 0.365. The number of nitrogens with zero attached hydrogens (tertiary/aromatic N) is 8. The summed E-state index contributed by atoms with van der Waals surface area (Å²) in [5, 5.41) is 13.1. The van der Waals surface area contributed by atoms with Crippen LogP contribution in [0.4, 0.5) is 6.01 Å². The monoisotopic (exact) mass is 498 g/mol. The lowest BCUT2D eigenvalue weighted by Gasteiger charge is -2.15. The van der Waals surface area contributed by atoms with Crippen LogP contribution in [0.15, 0.2) is 47.1 Å². The third-order valence-corrected chi connectivity index (χ3v) is 6.61. The lowest BCUT2D eigenvalue weighted by Crippen LogP contribution is -2.23. The van der Waals surface area contributed by atoms with Gasteiger partial charge in [0.1, 0.15) is 11.3 Å². The van der Waals surface area contributed by atoms with Gasteiger partial charge in [-0.25, -0.2) is 4.98 Å². The molecular weight excluding hydrogens is 468 g/mol. The Hall–Kier alpha value is -4.47. The minimum Gasteiger partial charge on any atom is -0.403 e. The molecule has 0 bridgehead atoms. The van der Waals surface area contributed by atoms with Gasteiger partial charge in [-0.2, -0.15) is 5.10 Å². The smallest absolute Gasteiger partial charge is 0.318 e. The maximum atomic E-state index is 12.5. The van der Waals surface area contributed by atoms with Gasteiger partial charge < -0.3 is 14.2 Å². The lowest BCUT2D eigenvalue weighted by atomic mass is 9.98. The zero-order valence-electron chi connectivity index (χ0n) is 22.1. The first kappa shape index (κ1) is 24.2. The van der Waals surface area contributed by atoms with E-state index in [2.05, 4.69) is 39.3 Å². The standard InChI is InChI=1S/C27H30N8O2/c1-16-12-20(24-17(2)31-34(7)18(24)3)9-10-21(16)25-29-30-27(37-25)33(6)14-19-8-11-23-28-13-22(35(23)15-19)26(36)32(4)5/h8-13,15H,14H2,1-7H3. The van der Waals surface area contributed by atoms with E-state index in [9.17, 15) is 4.79 Å². The zero-order valence-corrected chi connectivity index (χ0v) is 22.1. The summed E-state index contributed by atoms with van der Waals surface area (Å²) in [7, 11) is 7.30. The fourth-order valence-electron chi connectivity index (χ4n) is 4.58. The highest BCUT2D eigenvalue weighted by Gasteiger charge is 2.18. The molecule has 4 heterocycles. The van der Waals surface area contributed by atoms with E-state index in [-0.39, 0.29) is 5.91 Å². The van der Waals surface area contributed by atoms with Crippen molar-refractivity contribution in [1.82, 2.24) is 34.3 Å². The van der Waals surface area contributed by atoms with Crippen LogP contribution in [0.2, 0.25) is 0 Å². The van der Waals surface area contributed by atoms with Crippen molar-refractivity contribution in [3.05, 3.63) is 70.9 Å². The van der Waals surface area contributed by atoms with Crippen LogP contribution in [0.5, 0.6) is 0 Å². The molecule has 37 heavy (non-hydrogen) atoms. The number of benzene rings is 1. The number of hydrogen-bond donors (Lipinski definition) is 0. The van der Waals surface area contributed by atoms with Gasteiger partial charge in [-0.3, -0.25) is 13.9 Å². The van der Waals surface area contributed by atoms with Crippen LogP contribution >= 0.6 is 0 Å². The number of pyridine rings is 1. The number of fused-ring (bicyclic) bond motifs is 1. The minimum absolute atomic E-state index is 0.102. The number of carbonyl (C=O) groups is 1. The number of hydrogen-bond acceptors (Lipinski definition) is 7. The molecule has 0 fully saturated rings. The first-order chi connectivity index (χ1) is 17.6. The molecule has 0 saturated heterocycles. The third-order valence-electron chi connectivity index (χ3n) is 6.61. The fourth-order valence-corrected chi connectivity index (χ4v) is 4.58. The SMILES string of the molecule is Cc1cc(-c2c(C)nn(C)c2C)ccc1-c1nnc(N(C)Cc2ccc3ncc(C(=O)N(C)C)n3c2)o1. The summed E-state index contributed by atoms with van der Waals surface area (Å²) in [4.78, 5) is 20.3. The van der Waals surface area contributed by atoms with Crippen molar-refractivity contribution >= 4 is 17.6 Å². The first-order valence-corrected chi connectivity index (χ1v) is 12.0. The molecule has 1 amide bonds. The second-order valence-corrected chi connectivity index (χ2v) is 9.55. The highest BCUT2D eigenvalue weighted by atomic mass is 16.4. The van der Waals surface area contributed by atoms with Gasteiger partial charge >= 0.3 is 6.01 Å². The molecule has 0 aliphatic carbocycles. The van der Waals surface area contributed by atoms with Gasteiger partial charge in [0.25, 0.3) is 5.91 Å². The van der Waals surface area contributed by atoms with Crippen LogP contribution in [-0.4, -0.2) is 61.3 Å². The molecule has 1 aromatic carbocycles. The predicted molar refractivity (Wildman–Crippen MR) is 141 cm³/mol. The third kappa shape index (κ3) is 4.35. The molecule has 0 atom stereocenters. The molecule has 0 aliphatic rings.